The molecule has 0 spiro atoms. The standard InChI is InChI=1S/C13H22N4O2/c1-9(2)7-11-15-12(19-16-11)8-17-6-4-5-10(17)13(18)14-3/h9-10H,4-8H2,1-3H3,(H,14,18)/t10-/m1/s1. The first-order chi connectivity index (χ1) is 9.10. The molecule has 1 amide bonds. The van der Waals surface area contributed by atoms with E-state index in [1.807, 2.05) is 0 Å². The van der Waals surface area contributed by atoms with Crippen LogP contribution in [-0.2, 0) is 17.8 Å². The summed E-state index contributed by atoms with van der Waals surface area (Å²) in [6.45, 7) is 5.71. The van der Waals surface area contributed by atoms with Crippen molar-refractivity contribution in [2.45, 2.75) is 45.7 Å². The minimum atomic E-state index is -0.0644. The second-order valence-corrected chi connectivity index (χ2v) is 5.45. The maximum Gasteiger partial charge on any atom is 0.240 e. The molecule has 6 heteroatoms. The van der Waals surface area contributed by atoms with Crippen LogP contribution in [0.1, 0.15) is 38.4 Å². The Labute approximate surface area is 113 Å². The molecule has 2 rings (SSSR count). The minimum absolute atomic E-state index is 0.0644. The van der Waals surface area contributed by atoms with Crippen molar-refractivity contribution in [3.8, 4) is 0 Å². The van der Waals surface area contributed by atoms with Crippen LogP contribution in [0.5, 0.6) is 0 Å². The van der Waals surface area contributed by atoms with Crippen LogP contribution in [0.25, 0.3) is 0 Å². The average Bonchev–Trinajstić information content (AvgIpc) is 2.98. The Morgan fingerprint density at radius 1 is 1.58 bits per heavy atom. The van der Waals surface area contributed by atoms with Crippen LogP contribution < -0.4 is 5.32 Å². The molecule has 0 aliphatic carbocycles. The normalized spacial score (nSPS) is 20.1. The van der Waals surface area contributed by atoms with Crippen molar-refractivity contribution in [2.75, 3.05) is 13.6 Å². The number of rotatable bonds is 5. The van der Waals surface area contributed by atoms with Gasteiger partial charge in [-0.05, 0) is 25.3 Å². The smallest absolute Gasteiger partial charge is 0.240 e. The van der Waals surface area contributed by atoms with Crippen molar-refractivity contribution in [1.82, 2.24) is 20.4 Å². The predicted molar refractivity (Wildman–Crippen MR) is 70.3 cm³/mol. The van der Waals surface area contributed by atoms with Crippen molar-refractivity contribution in [3.05, 3.63) is 11.7 Å². The third-order valence-corrected chi connectivity index (χ3v) is 3.35. The zero-order valence-corrected chi connectivity index (χ0v) is 11.8. The molecule has 1 aliphatic rings. The Bertz CT molecular complexity index is 430. The van der Waals surface area contributed by atoms with Crippen LogP contribution in [0.15, 0.2) is 4.52 Å². The van der Waals surface area contributed by atoms with Crippen molar-refractivity contribution < 1.29 is 9.32 Å². The van der Waals surface area contributed by atoms with Crippen LogP contribution >= 0.6 is 0 Å². The van der Waals surface area contributed by atoms with Gasteiger partial charge in [-0.3, -0.25) is 9.69 Å². The zero-order chi connectivity index (χ0) is 13.8. The zero-order valence-electron chi connectivity index (χ0n) is 11.8. The summed E-state index contributed by atoms with van der Waals surface area (Å²) in [5.74, 6) is 1.93. The minimum Gasteiger partial charge on any atom is -0.358 e. The number of hydrogen-bond donors (Lipinski definition) is 1. The molecule has 1 aromatic heterocycles. The molecular weight excluding hydrogens is 244 g/mol. The van der Waals surface area contributed by atoms with E-state index in [0.29, 0.717) is 18.4 Å². The molecule has 1 aromatic rings. The molecule has 0 unspecified atom stereocenters. The SMILES string of the molecule is CNC(=O)[C@H]1CCCN1Cc1nc(CC(C)C)no1. The molecule has 0 aromatic carbocycles. The number of likely N-dealkylation sites (tertiary alicyclic amines) is 1. The second-order valence-electron chi connectivity index (χ2n) is 5.45. The van der Waals surface area contributed by atoms with Gasteiger partial charge in [0.05, 0.1) is 12.6 Å². The Morgan fingerprint density at radius 2 is 2.37 bits per heavy atom. The number of hydrogen-bond acceptors (Lipinski definition) is 5. The highest BCUT2D eigenvalue weighted by Crippen LogP contribution is 2.19. The van der Waals surface area contributed by atoms with Crippen LogP contribution in [0.4, 0.5) is 0 Å². The summed E-state index contributed by atoms with van der Waals surface area (Å²) in [5.41, 5.74) is 0. The predicted octanol–water partition coefficient (Wildman–Crippen LogP) is 0.978. The van der Waals surface area contributed by atoms with Gasteiger partial charge in [-0.25, -0.2) is 0 Å². The van der Waals surface area contributed by atoms with Gasteiger partial charge in [-0.15, -0.1) is 0 Å². The third kappa shape index (κ3) is 3.53. The molecule has 1 N–H and O–H groups in total. The van der Waals surface area contributed by atoms with E-state index in [-0.39, 0.29) is 11.9 Å². The lowest BCUT2D eigenvalue weighted by atomic mass is 10.1. The fraction of sp³-hybridized carbons (Fsp3) is 0.769. The molecule has 1 aliphatic heterocycles. The molecule has 106 valence electrons. The van der Waals surface area contributed by atoms with Crippen molar-refractivity contribution in [2.24, 2.45) is 5.92 Å². The fourth-order valence-electron chi connectivity index (χ4n) is 2.46. The van der Waals surface area contributed by atoms with E-state index in [1.165, 1.54) is 0 Å². The summed E-state index contributed by atoms with van der Waals surface area (Å²) in [5, 5.41) is 6.68. The number of carbonyl (C=O) groups is 1. The van der Waals surface area contributed by atoms with Crippen molar-refractivity contribution >= 4 is 5.91 Å². The van der Waals surface area contributed by atoms with Gasteiger partial charge in [-0.2, -0.15) is 4.98 Å². The second kappa shape index (κ2) is 6.14. The first-order valence-electron chi connectivity index (χ1n) is 6.87. The summed E-state index contributed by atoms with van der Waals surface area (Å²) in [4.78, 5) is 18.2. The summed E-state index contributed by atoms with van der Waals surface area (Å²) in [7, 11) is 1.67. The Kier molecular flexibility index (Phi) is 4.52. The lowest BCUT2D eigenvalue weighted by Crippen LogP contribution is -2.41. The van der Waals surface area contributed by atoms with Gasteiger partial charge >= 0.3 is 0 Å². The van der Waals surface area contributed by atoms with Crippen LogP contribution in [-0.4, -0.2) is 40.6 Å². The number of carbonyl (C=O) groups excluding carboxylic acids is 1. The number of likely N-dealkylation sites (N-methyl/N-ethyl adjacent to an activating group) is 1. The monoisotopic (exact) mass is 266 g/mol. The highest BCUT2D eigenvalue weighted by molar-refractivity contribution is 5.81. The topological polar surface area (TPSA) is 71.3 Å². The van der Waals surface area contributed by atoms with Crippen LogP contribution in [0, 0.1) is 5.92 Å². The quantitative estimate of drug-likeness (QED) is 0.860. The van der Waals surface area contributed by atoms with E-state index in [4.69, 9.17) is 4.52 Å². The van der Waals surface area contributed by atoms with Gasteiger partial charge in [0.15, 0.2) is 5.82 Å². The van der Waals surface area contributed by atoms with E-state index >= 15 is 0 Å². The number of nitrogens with one attached hydrogen (secondary N) is 1. The van der Waals surface area contributed by atoms with Gasteiger partial charge in [0, 0.05) is 13.5 Å². The average molecular weight is 266 g/mol. The highest BCUT2D eigenvalue weighted by atomic mass is 16.5. The summed E-state index contributed by atoms with van der Waals surface area (Å²) < 4.78 is 5.25. The molecule has 6 nitrogen and oxygen atoms in total. The van der Waals surface area contributed by atoms with Crippen LogP contribution in [0.2, 0.25) is 0 Å². The molecule has 1 atom stereocenters. The van der Waals surface area contributed by atoms with Crippen molar-refractivity contribution in [3.63, 3.8) is 0 Å². The largest absolute Gasteiger partial charge is 0.358 e. The van der Waals surface area contributed by atoms with Gasteiger partial charge < -0.3 is 9.84 Å². The van der Waals surface area contributed by atoms with Gasteiger partial charge in [0.25, 0.3) is 0 Å². The molecule has 2 heterocycles. The lowest BCUT2D eigenvalue weighted by Gasteiger charge is -2.20. The van der Waals surface area contributed by atoms with E-state index in [0.717, 1.165) is 31.6 Å². The maximum absolute atomic E-state index is 11.7. The third-order valence-electron chi connectivity index (χ3n) is 3.35. The Morgan fingerprint density at radius 3 is 3.05 bits per heavy atom. The summed E-state index contributed by atoms with van der Waals surface area (Å²) >= 11 is 0. The van der Waals surface area contributed by atoms with E-state index in [1.54, 1.807) is 7.05 Å². The molecule has 0 saturated carbocycles. The molecular formula is C13H22N4O2. The number of nitrogens with zero attached hydrogens (tertiary/aromatic N) is 3. The van der Waals surface area contributed by atoms with E-state index in [2.05, 4.69) is 34.2 Å². The summed E-state index contributed by atoms with van der Waals surface area (Å²) in [6, 6.07) is -0.0644. The van der Waals surface area contributed by atoms with Crippen molar-refractivity contribution in [1.29, 1.82) is 0 Å². The molecule has 1 fully saturated rings. The fourth-order valence-corrected chi connectivity index (χ4v) is 2.46. The maximum atomic E-state index is 11.7. The first-order valence-corrected chi connectivity index (χ1v) is 6.87. The lowest BCUT2D eigenvalue weighted by molar-refractivity contribution is -0.125. The number of amides is 1. The highest BCUT2D eigenvalue weighted by Gasteiger charge is 2.31. The number of aromatic nitrogens is 2. The molecule has 1 saturated heterocycles. The van der Waals surface area contributed by atoms with Gasteiger partial charge in [0.1, 0.15) is 0 Å². The van der Waals surface area contributed by atoms with Gasteiger partial charge in [-0.1, -0.05) is 19.0 Å². The Balaban J connectivity index is 1.96. The van der Waals surface area contributed by atoms with E-state index in [9.17, 15) is 4.79 Å². The summed E-state index contributed by atoms with van der Waals surface area (Å²) in [6.07, 6.45) is 2.75. The van der Waals surface area contributed by atoms with Crippen LogP contribution in [0.3, 0.4) is 0 Å². The van der Waals surface area contributed by atoms with E-state index < -0.39 is 0 Å². The molecule has 0 bridgehead atoms. The van der Waals surface area contributed by atoms with Gasteiger partial charge in [0.2, 0.25) is 11.8 Å². The molecule has 0 radical (unpaired) electrons. The Hall–Kier alpha value is -1.43. The first kappa shape index (κ1) is 14.0. The molecule has 19 heavy (non-hydrogen) atoms.